The van der Waals surface area contributed by atoms with Gasteiger partial charge in [0.25, 0.3) is 0 Å². The smallest absolute Gasteiger partial charge is 0.404 e. The second-order valence-electron chi connectivity index (χ2n) is 4.14. The Bertz CT molecular complexity index is 199. The Morgan fingerprint density at radius 2 is 2.47 bits per heavy atom. The molecule has 3 N–H and O–H groups in total. The molecule has 1 aliphatic rings. The predicted molar refractivity (Wildman–Crippen MR) is 58.6 cm³/mol. The molecule has 5 nitrogen and oxygen atoms in total. The minimum atomic E-state index is -0.700. The molecule has 0 bridgehead atoms. The van der Waals surface area contributed by atoms with Crippen LogP contribution in [0.2, 0.25) is 0 Å². The van der Waals surface area contributed by atoms with Crippen LogP contribution in [-0.4, -0.2) is 50.8 Å². The van der Waals surface area contributed by atoms with Crippen LogP contribution in [0.15, 0.2) is 0 Å². The monoisotopic (exact) mass is 215 g/mol. The van der Waals surface area contributed by atoms with Gasteiger partial charge < -0.3 is 20.7 Å². The van der Waals surface area contributed by atoms with Crippen LogP contribution in [-0.2, 0) is 4.74 Å². The van der Waals surface area contributed by atoms with Gasteiger partial charge in [0.1, 0.15) is 6.61 Å². The average Bonchev–Trinajstić information content (AvgIpc) is 2.17. The first kappa shape index (κ1) is 12.3. The third-order valence-electron chi connectivity index (χ3n) is 2.68. The van der Waals surface area contributed by atoms with E-state index in [1.54, 1.807) is 0 Å². The molecule has 1 unspecified atom stereocenters. The average molecular weight is 215 g/mol. The van der Waals surface area contributed by atoms with Crippen molar-refractivity contribution in [3.8, 4) is 0 Å². The highest BCUT2D eigenvalue weighted by Gasteiger charge is 2.16. The fourth-order valence-corrected chi connectivity index (χ4v) is 1.97. The van der Waals surface area contributed by atoms with Gasteiger partial charge in [0.05, 0.1) is 0 Å². The molecule has 1 rings (SSSR count). The zero-order chi connectivity index (χ0) is 11.1. The fourth-order valence-electron chi connectivity index (χ4n) is 1.97. The first-order chi connectivity index (χ1) is 7.18. The molecule has 0 aromatic carbocycles. The van der Waals surface area contributed by atoms with Gasteiger partial charge in [-0.05, 0) is 38.9 Å². The second-order valence-corrected chi connectivity index (χ2v) is 4.14. The van der Waals surface area contributed by atoms with Crippen LogP contribution < -0.4 is 11.1 Å². The van der Waals surface area contributed by atoms with Crippen LogP contribution in [0.1, 0.15) is 12.8 Å². The number of hydrogen-bond donors (Lipinski definition) is 2. The van der Waals surface area contributed by atoms with Crippen molar-refractivity contribution < 1.29 is 9.53 Å². The summed E-state index contributed by atoms with van der Waals surface area (Å²) in [5.74, 6) is 0.720. The SMILES string of the molecule is CN1CCCC(CNCCOC(N)=O)C1. The molecular formula is C10H21N3O2. The first-order valence-corrected chi connectivity index (χ1v) is 5.50. The molecule has 0 radical (unpaired) electrons. The van der Waals surface area contributed by atoms with Gasteiger partial charge in [-0.25, -0.2) is 4.79 Å². The number of nitrogens with two attached hydrogens (primary N) is 1. The Morgan fingerprint density at radius 3 is 3.13 bits per heavy atom. The van der Waals surface area contributed by atoms with Crippen molar-refractivity contribution in [2.45, 2.75) is 12.8 Å². The van der Waals surface area contributed by atoms with Crippen molar-refractivity contribution in [1.82, 2.24) is 10.2 Å². The molecule has 1 aliphatic heterocycles. The van der Waals surface area contributed by atoms with Gasteiger partial charge in [-0.15, -0.1) is 0 Å². The lowest BCUT2D eigenvalue weighted by Crippen LogP contribution is -2.38. The number of ether oxygens (including phenoxy) is 1. The molecule has 88 valence electrons. The Hall–Kier alpha value is -0.810. The molecule has 15 heavy (non-hydrogen) atoms. The minimum absolute atomic E-state index is 0.359. The molecule has 1 saturated heterocycles. The molecule has 1 amide bonds. The highest BCUT2D eigenvalue weighted by Crippen LogP contribution is 2.13. The zero-order valence-corrected chi connectivity index (χ0v) is 9.37. The third-order valence-corrected chi connectivity index (χ3v) is 2.68. The highest BCUT2D eigenvalue weighted by atomic mass is 16.5. The summed E-state index contributed by atoms with van der Waals surface area (Å²) in [5.41, 5.74) is 4.84. The fraction of sp³-hybridized carbons (Fsp3) is 0.900. The molecular weight excluding hydrogens is 194 g/mol. The van der Waals surface area contributed by atoms with E-state index in [2.05, 4.69) is 22.0 Å². The lowest BCUT2D eigenvalue weighted by molar-refractivity contribution is 0.155. The van der Waals surface area contributed by atoms with E-state index < -0.39 is 6.09 Å². The zero-order valence-electron chi connectivity index (χ0n) is 9.37. The van der Waals surface area contributed by atoms with Crippen LogP contribution in [0.3, 0.4) is 0 Å². The van der Waals surface area contributed by atoms with Crippen molar-refractivity contribution in [3.05, 3.63) is 0 Å². The van der Waals surface area contributed by atoms with Gasteiger partial charge in [0.15, 0.2) is 0 Å². The number of hydrogen-bond acceptors (Lipinski definition) is 4. The van der Waals surface area contributed by atoms with Gasteiger partial charge >= 0.3 is 6.09 Å². The summed E-state index contributed by atoms with van der Waals surface area (Å²) in [5, 5.41) is 3.27. The van der Waals surface area contributed by atoms with E-state index in [0.29, 0.717) is 13.2 Å². The van der Waals surface area contributed by atoms with E-state index >= 15 is 0 Å². The number of piperidine rings is 1. The summed E-state index contributed by atoms with van der Waals surface area (Å²) in [6, 6.07) is 0. The molecule has 1 atom stereocenters. The standard InChI is InChI=1S/C10H21N3O2/c1-13-5-2-3-9(8-13)7-12-4-6-15-10(11)14/h9,12H,2-8H2,1H3,(H2,11,14). The Balaban J connectivity index is 1.97. The summed E-state index contributed by atoms with van der Waals surface area (Å²) in [6.45, 7) is 4.40. The molecule has 5 heteroatoms. The second kappa shape index (κ2) is 6.63. The molecule has 1 heterocycles. The van der Waals surface area contributed by atoms with Gasteiger partial charge in [0, 0.05) is 13.1 Å². The van der Waals surface area contributed by atoms with Crippen molar-refractivity contribution in [1.29, 1.82) is 0 Å². The van der Waals surface area contributed by atoms with Crippen molar-refractivity contribution in [2.24, 2.45) is 11.7 Å². The van der Waals surface area contributed by atoms with Crippen LogP contribution in [0.5, 0.6) is 0 Å². The van der Waals surface area contributed by atoms with E-state index in [1.807, 2.05) is 0 Å². The summed E-state index contributed by atoms with van der Waals surface area (Å²) >= 11 is 0. The Labute approximate surface area is 90.9 Å². The van der Waals surface area contributed by atoms with Gasteiger partial charge in [-0.1, -0.05) is 0 Å². The van der Waals surface area contributed by atoms with Crippen LogP contribution in [0.4, 0.5) is 4.79 Å². The molecule has 0 saturated carbocycles. The number of nitrogens with one attached hydrogen (secondary N) is 1. The van der Waals surface area contributed by atoms with Gasteiger partial charge in [-0.2, -0.15) is 0 Å². The maximum Gasteiger partial charge on any atom is 0.404 e. The van der Waals surface area contributed by atoms with Crippen molar-refractivity contribution >= 4 is 6.09 Å². The van der Waals surface area contributed by atoms with E-state index in [1.165, 1.54) is 19.4 Å². The van der Waals surface area contributed by atoms with E-state index in [0.717, 1.165) is 19.0 Å². The third kappa shape index (κ3) is 5.59. The maximum absolute atomic E-state index is 10.3. The topological polar surface area (TPSA) is 67.6 Å². The molecule has 0 aromatic rings. The largest absolute Gasteiger partial charge is 0.448 e. The summed E-state index contributed by atoms with van der Waals surface area (Å²) < 4.78 is 4.62. The first-order valence-electron chi connectivity index (χ1n) is 5.50. The quantitative estimate of drug-likeness (QED) is 0.634. The van der Waals surface area contributed by atoms with Crippen molar-refractivity contribution in [2.75, 3.05) is 39.8 Å². The van der Waals surface area contributed by atoms with Gasteiger partial charge in [-0.3, -0.25) is 0 Å². The Kier molecular flexibility index (Phi) is 5.42. The molecule has 0 aromatic heterocycles. The lowest BCUT2D eigenvalue weighted by atomic mass is 9.98. The normalized spacial score (nSPS) is 22.6. The minimum Gasteiger partial charge on any atom is -0.448 e. The molecule has 1 fully saturated rings. The predicted octanol–water partition coefficient (Wildman–Crippen LogP) is 0.0131. The van der Waals surface area contributed by atoms with E-state index in [9.17, 15) is 4.79 Å². The van der Waals surface area contributed by atoms with Crippen molar-refractivity contribution in [3.63, 3.8) is 0 Å². The number of primary amides is 1. The lowest BCUT2D eigenvalue weighted by Gasteiger charge is -2.29. The maximum atomic E-state index is 10.3. The number of rotatable bonds is 5. The van der Waals surface area contributed by atoms with Crippen LogP contribution in [0.25, 0.3) is 0 Å². The number of amides is 1. The summed E-state index contributed by atoms with van der Waals surface area (Å²) in [7, 11) is 2.16. The summed E-state index contributed by atoms with van der Waals surface area (Å²) in [6.07, 6.45) is 1.86. The van der Waals surface area contributed by atoms with E-state index in [-0.39, 0.29) is 0 Å². The number of carbonyl (C=O) groups is 1. The van der Waals surface area contributed by atoms with Gasteiger partial charge in [0.2, 0.25) is 0 Å². The number of nitrogens with zero attached hydrogens (tertiary/aromatic N) is 1. The van der Waals surface area contributed by atoms with Crippen LogP contribution >= 0.6 is 0 Å². The summed E-state index contributed by atoms with van der Waals surface area (Å²) in [4.78, 5) is 12.6. The Morgan fingerprint density at radius 1 is 1.67 bits per heavy atom. The van der Waals surface area contributed by atoms with Crippen LogP contribution in [0, 0.1) is 5.92 Å². The number of likely N-dealkylation sites (tertiary alicyclic amines) is 1. The van der Waals surface area contributed by atoms with E-state index in [4.69, 9.17) is 5.73 Å². The number of carbonyl (C=O) groups excluding carboxylic acids is 1. The molecule has 0 aliphatic carbocycles. The highest BCUT2D eigenvalue weighted by molar-refractivity contribution is 5.64. The molecule has 0 spiro atoms.